The van der Waals surface area contributed by atoms with E-state index in [1.807, 2.05) is 6.92 Å². The van der Waals surface area contributed by atoms with E-state index in [0.717, 1.165) is 12.8 Å². The summed E-state index contributed by atoms with van der Waals surface area (Å²) in [6, 6.07) is 0. The maximum Gasteiger partial charge on any atom is 0.305 e. The van der Waals surface area contributed by atoms with Gasteiger partial charge in [-0.1, -0.05) is 26.7 Å². The fourth-order valence-electron chi connectivity index (χ4n) is 0.908. The molecule has 0 N–H and O–H groups in total. The molecular formula is C12H20O2. The topological polar surface area (TPSA) is 26.3 Å². The smallest absolute Gasteiger partial charge is 0.305 e. The van der Waals surface area contributed by atoms with Gasteiger partial charge in [-0.25, -0.2) is 0 Å². The van der Waals surface area contributed by atoms with Crippen LogP contribution < -0.4 is 0 Å². The Morgan fingerprint density at radius 1 is 1.36 bits per heavy atom. The molecule has 0 bridgehead atoms. The Labute approximate surface area is 87.0 Å². The number of rotatable bonds is 5. The highest BCUT2D eigenvalue weighted by molar-refractivity contribution is 5.69. The van der Waals surface area contributed by atoms with Crippen molar-refractivity contribution >= 4 is 5.97 Å². The van der Waals surface area contributed by atoms with Crippen molar-refractivity contribution in [1.82, 2.24) is 0 Å². The van der Waals surface area contributed by atoms with Crippen LogP contribution in [-0.2, 0) is 9.53 Å². The van der Waals surface area contributed by atoms with Crippen LogP contribution >= 0.6 is 0 Å². The number of carbonyl (C=O) groups excluding carboxylic acids is 1. The maximum absolute atomic E-state index is 11.1. The van der Waals surface area contributed by atoms with Crippen molar-refractivity contribution in [2.75, 3.05) is 6.61 Å². The van der Waals surface area contributed by atoms with Crippen molar-refractivity contribution in [3.63, 3.8) is 0 Å². The van der Waals surface area contributed by atoms with Crippen LogP contribution in [0.15, 0.2) is 0 Å². The molecule has 2 heteroatoms. The average molecular weight is 196 g/mol. The van der Waals surface area contributed by atoms with Crippen LogP contribution in [0.1, 0.15) is 46.5 Å². The van der Waals surface area contributed by atoms with Gasteiger partial charge in [-0.15, -0.1) is 5.92 Å². The van der Waals surface area contributed by atoms with Gasteiger partial charge in [-0.2, -0.15) is 0 Å². The van der Waals surface area contributed by atoms with Crippen LogP contribution in [0.25, 0.3) is 0 Å². The Balaban J connectivity index is 3.36. The number of ether oxygens (including phenoxy) is 1. The van der Waals surface area contributed by atoms with E-state index in [9.17, 15) is 4.79 Å². The third-order valence-electron chi connectivity index (χ3n) is 1.72. The molecular weight excluding hydrogens is 176 g/mol. The minimum atomic E-state index is -0.100. The van der Waals surface area contributed by atoms with Gasteiger partial charge in [0.15, 0.2) is 0 Å². The zero-order valence-electron chi connectivity index (χ0n) is 9.43. The van der Waals surface area contributed by atoms with Crippen LogP contribution in [0.2, 0.25) is 0 Å². The van der Waals surface area contributed by atoms with Gasteiger partial charge in [-0.3, -0.25) is 4.79 Å². The molecule has 0 unspecified atom stereocenters. The van der Waals surface area contributed by atoms with Crippen LogP contribution in [-0.4, -0.2) is 12.6 Å². The fraction of sp³-hybridized carbons (Fsp3) is 0.750. The Kier molecular flexibility index (Phi) is 8.02. The zero-order valence-corrected chi connectivity index (χ0v) is 9.43. The Morgan fingerprint density at radius 3 is 2.64 bits per heavy atom. The van der Waals surface area contributed by atoms with Gasteiger partial charge in [0.05, 0.1) is 0 Å². The molecule has 0 aromatic rings. The number of hydrogen-bond donors (Lipinski definition) is 0. The van der Waals surface area contributed by atoms with Gasteiger partial charge in [0, 0.05) is 19.3 Å². The van der Waals surface area contributed by atoms with Crippen LogP contribution in [0.4, 0.5) is 0 Å². The SMILES string of the molecule is CCC#CCCOC(=O)CCC(C)C. The van der Waals surface area contributed by atoms with E-state index < -0.39 is 0 Å². The molecule has 0 aromatic carbocycles. The van der Waals surface area contributed by atoms with E-state index in [0.29, 0.717) is 25.4 Å². The third kappa shape index (κ3) is 9.12. The molecule has 0 spiro atoms. The summed E-state index contributed by atoms with van der Waals surface area (Å²) in [5, 5.41) is 0. The quantitative estimate of drug-likeness (QED) is 0.384. The molecule has 0 amide bonds. The fourth-order valence-corrected chi connectivity index (χ4v) is 0.908. The van der Waals surface area contributed by atoms with Gasteiger partial charge in [0.2, 0.25) is 0 Å². The first-order chi connectivity index (χ1) is 6.66. The summed E-state index contributed by atoms with van der Waals surface area (Å²) in [6.45, 7) is 6.63. The molecule has 0 atom stereocenters. The number of esters is 1. The summed E-state index contributed by atoms with van der Waals surface area (Å²) in [5.74, 6) is 6.32. The van der Waals surface area contributed by atoms with E-state index in [4.69, 9.17) is 4.74 Å². The van der Waals surface area contributed by atoms with E-state index in [2.05, 4.69) is 25.7 Å². The summed E-state index contributed by atoms with van der Waals surface area (Å²) < 4.78 is 5.00. The van der Waals surface area contributed by atoms with Gasteiger partial charge in [-0.05, 0) is 12.3 Å². The summed E-state index contributed by atoms with van der Waals surface area (Å²) in [7, 11) is 0. The molecule has 0 radical (unpaired) electrons. The summed E-state index contributed by atoms with van der Waals surface area (Å²) >= 11 is 0. The van der Waals surface area contributed by atoms with Crippen molar-refractivity contribution in [2.24, 2.45) is 5.92 Å². The lowest BCUT2D eigenvalue weighted by atomic mass is 10.1. The van der Waals surface area contributed by atoms with Crippen molar-refractivity contribution in [2.45, 2.75) is 46.5 Å². The highest BCUT2D eigenvalue weighted by Crippen LogP contribution is 2.04. The Hall–Kier alpha value is -0.970. The van der Waals surface area contributed by atoms with Gasteiger partial charge in [0.1, 0.15) is 6.61 Å². The number of carbonyl (C=O) groups is 1. The highest BCUT2D eigenvalue weighted by Gasteiger charge is 2.03. The van der Waals surface area contributed by atoms with Gasteiger partial charge in [0.25, 0.3) is 0 Å². The Bertz CT molecular complexity index is 208. The molecule has 0 rings (SSSR count). The first-order valence-electron chi connectivity index (χ1n) is 5.28. The van der Waals surface area contributed by atoms with Crippen LogP contribution in [0, 0.1) is 17.8 Å². The molecule has 80 valence electrons. The largest absolute Gasteiger partial charge is 0.465 e. The highest BCUT2D eigenvalue weighted by atomic mass is 16.5. The van der Waals surface area contributed by atoms with Crippen molar-refractivity contribution < 1.29 is 9.53 Å². The second-order valence-corrected chi connectivity index (χ2v) is 3.61. The first-order valence-corrected chi connectivity index (χ1v) is 5.28. The first kappa shape index (κ1) is 13.0. The van der Waals surface area contributed by atoms with Crippen LogP contribution in [0.5, 0.6) is 0 Å². The normalized spacial score (nSPS) is 9.43. The lowest BCUT2D eigenvalue weighted by Gasteiger charge is -2.04. The molecule has 2 nitrogen and oxygen atoms in total. The lowest BCUT2D eigenvalue weighted by molar-refractivity contribution is -0.143. The molecule has 0 aliphatic carbocycles. The molecule has 0 heterocycles. The van der Waals surface area contributed by atoms with Gasteiger partial charge < -0.3 is 4.74 Å². The molecule has 0 aromatic heterocycles. The van der Waals surface area contributed by atoms with Crippen molar-refractivity contribution in [3.05, 3.63) is 0 Å². The second-order valence-electron chi connectivity index (χ2n) is 3.61. The van der Waals surface area contributed by atoms with E-state index in [-0.39, 0.29) is 5.97 Å². The predicted octanol–water partition coefficient (Wildman–Crippen LogP) is 2.77. The van der Waals surface area contributed by atoms with Crippen molar-refractivity contribution in [3.8, 4) is 11.8 Å². The maximum atomic E-state index is 11.1. The summed E-state index contributed by atoms with van der Waals surface area (Å²) in [6.07, 6.45) is 2.95. The van der Waals surface area contributed by atoms with E-state index in [1.165, 1.54) is 0 Å². The zero-order chi connectivity index (χ0) is 10.8. The van der Waals surface area contributed by atoms with Crippen molar-refractivity contribution in [1.29, 1.82) is 0 Å². The van der Waals surface area contributed by atoms with E-state index >= 15 is 0 Å². The second kappa shape index (κ2) is 8.62. The molecule has 0 saturated carbocycles. The molecule has 0 fully saturated rings. The minimum absolute atomic E-state index is 0.100. The lowest BCUT2D eigenvalue weighted by Crippen LogP contribution is -2.06. The molecule has 0 saturated heterocycles. The summed E-state index contributed by atoms with van der Waals surface area (Å²) in [5.41, 5.74) is 0. The van der Waals surface area contributed by atoms with Gasteiger partial charge >= 0.3 is 5.97 Å². The predicted molar refractivity (Wildman–Crippen MR) is 57.7 cm³/mol. The molecule has 0 aliphatic rings. The minimum Gasteiger partial charge on any atom is -0.465 e. The standard InChI is InChI=1S/C12H20O2/c1-4-5-6-7-10-14-12(13)9-8-11(2)3/h11H,4,7-10H2,1-3H3. The van der Waals surface area contributed by atoms with E-state index in [1.54, 1.807) is 0 Å². The molecule has 0 aliphatic heterocycles. The monoisotopic (exact) mass is 196 g/mol. The van der Waals surface area contributed by atoms with Crippen LogP contribution in [0.3, 0.4) is 0 Å². The average Bonchev–Trinajstić information content (AvgIpc) is 2.14. The number of hydrogen-bond acceptors (Lipinski definition) is 2. The third-order valence-corrected chi connectivity index (χ3v) is 1.72. The Morgan fingerprint density at radius 2 is 2.07 bits per heavy atom. The molecule has 14 heavy (non-hydrogen) atoms. The summed E-state index contributed by atoms with van der Waals surface area (Å²) in [4.78, 5) is 11.1.